The maximum absolute atomic E-state index is 13.3. The molecule has 8 rings (SSSR count). The second kappa shape index (κ2) is 16.2. The first-order valence-corrected chi connectivity index (χ1v) is 19.9. The third-order valence-electron chi connectivity index (χ3n) is 12.1. The van der Waals surface area contributed by atoms with Gasteiger partial charge in [0.25, 0.3) is 17.7 Å². The van der Waals surface area contributed by atoms with Crippen LogP contribution < -0.4 is 31.3 Å². The van der Waals surface area contributed by atoms with Gasteiger partial charge in [0.15, 0.2) is 0 Å². The van der Waals surface area contributed by atoms with Gasteiger partial charge in [-0.2, -0.15) is 0 Å². The summed E-state index contributed by atoms with van der Waals surface area (Å²) in [5.74, 6) is 0.212. The van der Waals surface area contributed by atoms with Crippen molar-refractivity contribution >= 4 is 40.9 Å². The lowest BCUT2D eigenvalue weighted by Crippen LogP contribution is -2.54. The molecule has 0 aromatic heterocycles. The predicted octanol–water partition coefficient (Wildman–Crippen LogP) is 3.52. The third-order valence-corrected chi connectivity index (χ3v) is 12.1. The van der Waals surface area contributed by atoms with Gasteiger partial charge in [-0.1, -0.05) is 18.2 Å². The van der Waals surface area contributed by atoms with Crippen molar-refractivity contribution in [3.05, 3.63) is 101 Å². The number of ether oxygens (including phenoxy) is 1. The summed E-state index contributed by atoms with van der Waals surface area (Å²) < 4.78 is 5.89. The number of amides is 5. The van der Waals surface area contributed by atoms with Crippen LogP contribution in [-0.2, 0) is 14.4 Å². The Morgan fingerprint density at radius 2 is 1.51 bits per heavy atom. The highest BCUT2D eigenvalue weighted by Crippen LogP contribution is 2.33. The van der Waals surface area contributed by atoms with E-state index in [0.29, 0.717) is 52.4 Å². The second-order valence-corrected chi connectivity index (χ2v) is 15.6. The van der Waals surface area contributed by atoms with Gasteiger partial charge in [0.1, 0.15) is 28.9 Å². The molecule has 2 atom stereocenters. The quantitative estimate of drug-likeness (QED) is 0.116. The lowest BCUT2D eigenvalue weighted by atomic mass is 9.85. The van der Waals surface area contributed by atoms with Crippen molar-refractivity contribution in [1.82, 2.24) is 25.8 Å². The molecule has 3 aromatic carbocycles. The van der Waals surface area contributed by atoms with Crippen LogP contribution in [0.5, 0.6) is 11.5 Å². The van der Waals surface area contributed by atoms with Gasteiger partial charge in [-0.15, -0.1) is 0 Å². The average molecular weight is 773 g/mol. The Balaban J connectivity index is 0.820. The number of piperidine rings is 3. The fraction of sp³-hybridized carbons (Fsp3) is 0.395. The van der Waals surface area contributed by atoms with Crippen molar-refractivity contribution in [3.63, 3.8) is 0 Å². The third kappa shape index (κ3) is 7.99. The Hall–Kier alpha value is -6.02. The van der Waals surface area contributed by atoms with Crippen molar-refractivity contribution in [1.29, 1.82) is 5.41 Å². The molecule has 4 saturated heterocycles. The van der Waals surface area contributed by atoms with Gasteiger partial charge in [-0.3, -0.25) is 39.6 Å². The number of rotatable bonds is 10. The van der Waals surface area contributed by atoms with Crippen LogP contribution in [-0.4, -0.2) is 96.4 Å². The fourth-order valence-electron chi connectivity index (χ4n) is 8.94. The van der Waals surface area contributed by atoms with Crippen molar-refractivity contribution in [3.8, 4) is 11.5 Å². The Morgan fingerprint density at radius 3 is 2.21 bits per heavy atom. The minimum absolute atomic E-state index is 0.0569. The summed E-state index contributed by atoms with van der Waals surface area (Å²) >= 11 is 0. The maximum atomic E-state index is 13.3. The number of fused-ring (bicyclic) bond motifs is 1. The lowest BCUT2D eigenvalue weighted by molar-refractivity contribution is -0.136. The van der Waals surface area contributed by atoms with Gasteiger partial charge < -0.3 is 30.9 Å². The van der Waals surface area contributed by atoms with Crippen LogP contribution in [0.4, 0.5) is 5.69 Å². The van der Waals surface area contributed by atoms with Crippen molar-refractivity contribution in [2.24, 2.45) is 17.6 Å². The Bertz CT molecular complexity index is 2100. The van der Waals surface area contributed by atoms with Crippen LogP contribution in [0, 0.1) is 17.2 Å². The summed E-state index contributed by atoms with van der Waals surface area (Å²) in [5, 5.41) is 18.0. The molecule has 0 saturated carbocycles. The number of carbonyl (C=O) groups is 5. The van der Waals surface area contributed by atoms with Gasteiger partial charge in [0, 0.05) is 49.9 Å². The molecule has 4 fully saturated rings. The molecular formula is C43H48N8O6. The molecule has 0 aliphatic carbocycles. The highest BCUT2D eigenvalue weighted by atomic mass is 16.5. The van der Waals surface area contributed by atoms with Crippen molar-refractivity contribution in [2.45, 2.75) is 57.0 Å². The number of benzene rings is 3. The molecule has 14 nitrogen and oxygen atoms in total. The van der Waals surface area contributed by atoms with Crippen LogP contribution in [0.2, 0.25) is 0 Å². The monoisotopic (exact) mass is 772 g/mol. The zero-order valence-corrected chi connectivity index (χ0v) is 31.8. The Labute approximate surface area is 331 Å². The molecule has 6 N–H and O–H groups in total. The first kappa shape index (κ1) is 37.9. The largest absolute Gasteiger partial charge is 0.457 e. The van der Waals surface area contributed by atoms with E-state index in [9.17, 15) is 24.0 Å². The average Bonchev–Trinajstić information content (AvgIpc) is 3.47. The van der Waals surface area contributed by atoms with E-state index in [1.165, 1.54) is 0 Å². The molecule has 57 heavy (non-hydrogen) atoms. The van der Waals surface area contributed by atoms with E-state index < -0.39 is 35.6 Å². The van der Waals surface area contributed by atoms with E-state index in [0.717, 1.165) is 75.4 Å². The van der Waals surface area contributed by atoms with Gasteiger partial charge in [-0.05, 0) is 118 Å². The van der Waals surface area contributed by atoms with Crippen molar-refractivity contribution < 1.29 is 28.7 Å². The smallest absolute Gasteiger partial charge is 0.262 e. The zero-order chi connectivity index (χ0) is 39.6. The van der Waals surface area contributed by atoms with Crippen LogP contribution >= 0.6 is 0 Å². The van der Waals surface area contributed by atoms with Crippen LogP contribution in [0.15, 0.2) is 84.2 Å². The van der Waals surface area contributed by atoms with Crippen molar-refractivity contribution in [2.75, 3.05) is 44.2 Å². The SMILES string of the molecule is N=C(/C(C(N)=O)=C1/NCC[C@@H](C2CCN(CC3CCN(c4ccc5c(c4)C(=O)N(C4CCC(=O)NC4=O)C5=O)CC3)CC2)N1)c1ccc(Oc2ccccc2)cc1. The van der Waals surface area contributed by atoms with Gasteiger partial charge in [-0.25, -0.2) is 0 Å². The summed E-state index contributed by atoms with van der Waals surface area (Å²) in [6, 6.07) is 21.1. The van der Waals surface area contributed by atoms with Crippen LogP contribution in [0.3, 0.4) is 0 Å². The number of nitrogens with two attached hydrogens (primary N) is 1. The number of hydrogen-bond acceptors (Lipinski definition) is 11. The number of likely N-dealkylation sites (tertiary alicyclic amines) is 1. The molecule has 296 valence electrons. The predicted molar refractivity (Wildman–Crippen MR) is 213 cm³/mol. The summed E-state index contributed by atoms with van der Waals surface area (Å²) in [4.78, 5) is 69.2. The number of anilines is 1. The van der Waals surface area contributed by atoms with E-state index in [2.05, 4.69) is 25.8 Å². The summed E-state index contributed by atoms with van der Waals surface area (Å²) in [6.07, 6.45) is 5.24. The molecule has 0 radical (unpaired) electrons. The molecule has 14 heteroatoms. The van der Waals surface area contributed by atoms with Crippen LogP contribution in [0.1, 0.15) is 71.2 Å². The number of nitrogens with one attached hydrogen (secondary N) is 4. The molecular weight excluding hydrogens is 725 g/mol. The number of primary amides is 1. The number of carbonyl (C=O) groups excluding carboxylic acids is 5. The number of para-hydroxylation sites is 1. The second-order valence-electron chi connectivity index (χ2n) is 15.6. The molecule has 5 heterocycles. The first-order valence-electron chi connectivity index (χ1n) is 19.9. The minimum Gasteiger partial charge on any atom is -0.457 e. The van der Waals surface area contributed by atoms with E-state index >= 15 is 0 Å². The summed E-state index contributed by atoms with van der Waals surface area (Å²) in [6.45, 7) is 5.39. The fourth-order valence-corrected chi connectivity index (χ4v) is 8.94. The van der Waals surface area contributed by atoms with E-state index in [-0.39, 0.29) is 30.2 Å². The molecule has 5 amide bonds. The molecule has 5 aliphatic rings. The van der Waals surface area contributed by atoms with Gasteiger partial charge >= 0.3 is 0 Å². The molecule has 3 aromatic rings. The first-order chi connectivity index (χ1) is 27.6. The number of imide groups is 2. The van der Waals surface area contributed by atoms with Gasteiger partial charge in [0.2, 0.25) is 11.8 Å². The standard InChI is InChI=1S/C43H48N8O6/c44-38(28-6-9-31(10-7-28)57-30-4-2-1-3-5-30)37(39(45)53)40-46-19-14-34(47-40)27-17-20-49(21-18-27)25-26-15-22-50(23-16-26)29-8-11-32-33(24-29)43(56)51(42(32)55)35-12-13-36(52)48-41(35)54/h1-11,24,26-27,34-35,44,46-47H,12-23,25H2,(H2,45,53)(H,48,52,54)/b40-37+,44-38?/t34-,35?/m0/s1. The Kier molecular flexibility index (Phi) is 10.8. The van der Waals surface area contributed by atoms with E-state index in [1.54, 1.807) is 36.4 Å². The summed E-state index contributed by atoms with van der Waals surface area (Å²) in [5.41, 5.74) is 8.15. The topological polar surface area (TPSA) is 190 Å². The number of hydrogen-bond donors (Lipinski definition) is 5. The lowest BCUT2D eigenvalue weighted by Gasteiger charge is -2.41. The van der Waals surface area contributed by atoms with Gasteiger partial charge in [0.05, 0.1) is 16.8 Å². The summed E-state index contributed by atoms with van der Waals surface area (Å²) in [7, 11) is 0. The molecule has 1 unspecified atom stereocenters. The number of nitrogens with zero attached hydrogens (tertiary/aromatic N) is 3. The molecule has 0 spiro atoms. The molecule has 5 aliphatic heterocycles. The van der Waals surface area contributed by atoms with Crippen LogP contribution in [0.25, 0.3) is 0 Å². The Morgan fingerprint density at radius 1 is 0.807 bits per heavy atom. The minimum atomic E-state index is -0.975. The van der Waals surface area contributed by atoms with E-state index in [1.807, 2.05) is 36.4 Å². The highest BCUT2D eigenvalue weighted by Gasteiger charge is 2.45. The maximum Gasteiger partial charge on any atom is 0.262 e. The van der Waals surface area contributed by atoms with E-state index in [4.69, 9.17) is 15.9 Å². The normalized spacial score (nSPS) is 23.0. The zero-order valence-electron chi connectivity index (χ0n) is 31.8. The highest BCUT2D eigenvalue weighted by molar-refractivity contribution is 6.27. The molecule has 0 bridgehead atoms.